The average Bonchev–Trinajstić information content (AvgIpc) is 1.58. The maximum Gasteiger partial charge on any atom is 0.0568 e. The summed E-state index contributed by atoms with van der Waals surface area (Å²) in [5, 5.41) is 15.6. The van der Waals surface area contributed by atoms with E-state index < -0.39 is 0 Å². The normalized spacial score (nSPS) is 12.1. The molecule has 90 heavy (non-hydrogen) atoms. The number of hydrogen-bond donors (Lipinski definition) is 0. The Balaban J connectivity index is 0.000000123. The van der Waals surface area contributed by atoms with Gasteiger partial charge in [-0.05, 0) is 102 Å². The molecule has 3 nitrogen and oxygen atoms in total. The molecule has 1 aliphatic carbocycles. The fourth-order valence-corrected chi connectivity index (χ4v) is 14.5. The molecule has 3 aromatic heterocycles. The van der Waals surface area contributed by atoms with Crippen molar-refractivity contribution >= 4 is 97.7 Å². The molecule has 423 valence electrons. The summed E-state index contributed by atoms with van der Waals surface area (Å²) >= 11 is 0. The van der Waals surface area contributed by atoms with Crippen LogP contribution in [-0.4, -0.2) is 13.7 Å². The number of fused-ring (bicyclic) bond motifs is 18. The summed E-state index contributed by atoms with van der Waals surface area (Å²) in [6, 6.07) is 108. The Morgan fingerprint density at radius 2 is 0.667 bits per heavy atom. The first-order valence-corrected chi connectivity index (χ1v) is 30.1. The third-order valence-corrected chi connectivity index (χ3v) is 18.8. The van der Waals surface area contributed by atoms with Crippen molar-refractivity contribution in [3.8, 4) is 55.6 Å². The van der Waals surface area contributed by atoms with Crippen molar-refractivity contribution in [2.45, 2.75) is 19.3 Å². The van der Waals surface area contributed by atoms with Crippen LogP contribution in [-0.2, 0) is 125 Å². The minimum atomic E-state index is -0.0130. The second-order valence-corrected chi connectivity index (χ2v) is 23.9. The van der Waals surface area contributed by atoms with Crippen molar-refractivity contribution in [2.24, 2.45) is 21.1 Å². The van der Waals surface area contributed by atoms with Gasteiger partial charge >= 0.3 is 0 Å². The number of aryl methyl sites for hydroxylation is 3. The van der Waals surface area contributed by atoms with Gasteiger partial charge in [-0.25, -0.2) is 0 Å². The Morgan fingerprint density at radius 3 is 1.26 bits per heavy atom. The number of benzene rings is 14. The first-order chi connectivity index (χ1) is 42.7. The zero-order chi connectivity index (χ0) is 58.5. The molecule has 0 fully saturated rings. The quantitative estimate of drug-likeness (QED) is 0.156. The zero-order valence-electron chi connectivity index (χ0n) is 51.1. The minimum Gasteiger partial charge on any atom is -0.343 e. The van der Waals surface area contributed by atoms with Crippen molar-refractivity contribution in [1.29, 1.82) is 0 Å². The van der Waals surface area contributed by atoms with E-state index in [4.69, 9.17) is 0 Å². The van der Waals surface area contributed by atoms with Crippen molar-refractivity contribution in [3.05, 3.63) is 302 Å². The molecule has 18 rings (SSSR count). The molecule has 0 amide bonds. The van der Waals surface area contributed by atoms with Crippen LogP contribution < -0.4 is 0 Å². The molecular formula is C84H60N3Y3-3. The average molecular weight is 1380 g/mol. The van der Waals surface area contributed by atoms with Crippen LogP contribution in [0.4, 0.5) is 0 Å². The van der Waals surface area contributed by atoms with Crippen molar-refractivity contribution in [2.75, 3.05) is 0 Å². The van der Waals surface area contributed by atoms with Crippen LogP contribution in [0.25, 0.3) is 153 Å². The molecule has 3 radical (unpaired) electrons. The predicted molar refractivity (Wildman–Crippen MR) is 370 cm³/mol. The Kier molecular flexibility index (Phi) is 17.1. The van der Waals surface area contributed by atoms with Crippen LogP contribution in [0, 0.1) is 18.2 Å². The monoisotopic (exact) mass is 1380 g/mol. The van der Waals surface area contributed by atoms with Crippen molar-refractivity contribution in [3.63, 3.8) is 0 Å². The number of para-hydroxylation sites is 2. The summed E-state index contributed by atoms with van der Waals surface area (Å²) in [4.78, 5) is 0. The Labute approximate surface area is 601 Å². The molecule has 0 bridgehead atoms. The van der Waals surface area contributed by atoms with E-state index in [0.717, 1.165) is 0 Å². The molecule has 6 heteroatoms. The van der Waals surface area contributed by atoms with E-state index in [9.17, 15) is 0 Å². The van der Waals surface area contributed by atoms with E-state index in [1.54, 1.807) is 0 Å². The van der Waals surface area contributed by atoms with E-state index in [1.807, 2.05) is 30.3 Å². The third kappa shape index (κ3) is 10.2. The molecule has 0 saturated carbocycles. The number of aromatic nitrogens is 3. The second-order valence-electron chi connectivity index (χ2n) is 23.9. The van der Waals surface area contributed by atoms with Crippen LogP contribution in [0.1, 0.15) is 25.0 Å². The summed E-state index contributed by atoms with van der Waals surface area (Å²) in [5.74, 6) is 0. The van der Waals surface area contributed by atoms with Crippen LogP contribution in [0.15, 0.2) is 273 Å². The summed E-state index contributed by atoms with van der Waals surface area (Å²) in [6.45, 7) is 4.66. The molecule has 14 aromatic carbocycles. The zero-order valence-corrected chi connectivity index (χ0v) is 59.6. The summed E-state index contributed by atoms with van der Waals surface area (Å²) in [6.07, 6.45) is 0. The molecular weight excluding hydrogens is 1320 g/mol. The van der Waals surface area contributed by atoms with E-state index in [1.165, 1.54) is 164 Å². The van der Waals surface area contributed by atoms with Gasteiger partial charge in [0.1, 0.15) is 0 Å². The minimum absolute atomic E-state index is 0. The van der Waals surface area contributed by atoms with Gasteiger partial charge in [0.05, 0.1) is 16.6 Å². The molecule has 17 aromatic rings. The topological polar surface area (TPSA) is 14.8 Å². The van der Waals surface area contributed by atoms with Gasteiger partial charge in [-0.3, -0.25) is 0 Å². The molecule has 1 aliphatic rings. The third-order valence-electron chi connectivity index (χ3n) is 18.8. The van der Waals surface area contributed by atoms with E-state index in [-0.39, 0.29) is 104 Å². The fraction of sp³-hybridized carbons (Fsp3) is 0.0714. The van der Waals surface area contributed by atoms with Gasteiger partial charge in [0.2, 0.25) is 0 Å². The van der Waals surface area contributed by atoms with Gasteiger partial charge < -0.3 is 13.7 Å². The number of rotatable bonds is 4. The molecule has 3 heterocycles. The van der Waals surface area contributed by atoms with Crippen LogP contribution in [0.3, 0.4) is 0 Å². The summed E-state index contributed by atoms with van der Waals surface area (Å²) in [7, 11) is 6.51. The van der Waals surface area contributed by atoms with E-state index in [0.29, 0.717) is 0 Å². The Morgan fingerprint density at radius 1 is 0.267 bits per heavy atom. The second kappa shape index (κ2) is 25.0. The van der Waals surface area contributed by atoms with Crippen LogP contribution in [0.2, 0.25) is 0 Å². The fourth-order valence-electron chi connectivity index (χ4n) is 14.5. The molecule has 0 unspecified atom stereocenters. The van der Waals surface area contributed by atoms with Gasteiger partial charge in [0.15, 0.2) is 0 Å². The van der Waals surface area contributed by atoms with Gasteiger partial charge in [-0.1, -0.05) is 184 Å². The maximum absolute atomic E-state index is 3.28. The predicted octanol–water partition coefficient (Wildman–Crippen LogP) is 21.8. The summed E-state index contributed by atoms with van der Waals surface area (Å²) in [5.41, 5.74) is 23.2. The van der Waals surface area contributed by atoms with Crippen LogP contribution in [0.5, 0.6) is 0 Å². The molecule has 0 N–H and O–H groups in total. The van der Waals surface area contributed by atoms with Crippen LogP contribution >= 0.6 is 0 Å². The molecule has 0 aliphatic heterocycles. The van der Waals surface area contributed by atoms with Gasteiger partial charge in [0.25, 0.3) is 0 Å². The Hall–Kier alpha value is -7.43. The van der Waals surface area contributed by atoms with E-state index in [2.05, 4.69) is 310 Å². The molecule has 0 saturated heterocycles. The summed E-state index contributed by atoms with van der Waals surface area (Å²) < 4.78 is 6.98. The maximum atomic E-state index is 3.28. The van der Waals surface area contributed by atoms with E-state index >= 15 is 0 Å². The SMILES string of the molecule is Cn1c2ccc(-c3ccc4c(c3)C(C)(C)c3c[c-]ccc3-4)cc2c2ccc3ccccc3c21.Cn1c2ccccc2c2cc(-c3cc[c-]cc3)c3ccccc3c21.Cn1c2ccccc2c2cc(-c3ccc(-c4cc[c-]cc4)cc3)c3ccccc3c21.[Y].[Y].[Y]. The first kappa shape index (κ1) is 61.4. The standard InChI is InChI=1S/C32H24N.C29H20N.C23H16N.3Y/c1-32(2)28-11-7-6-10-24(28)25-15-13-22(19-29(25)32)21-14-17-30-27(18-21)26-16-12-20-8-4-5-9-23(20)31(26)33(30)3;1-30-28-14-8-7-12-24(28)27-19-26(23-11-5-6-13-25(23)29(27)30)22-17-15-21(16-18-22)20-9-3-2-4-10-20;1-24-22-14-8-7-12-18(22)21-15-20(16-9-3-2-4-10-16)17-11-5-6-13-19(17)23(21)24;;;/h4-6,8-19H,1-3H3;3-19H,1H3;3-15H,1H3;;;/q3*-1;;;. The number of nitrogens with zero attached hydrogens (tertiary/aromatic N) is 3. The van der Waals surface area contributed by atoms with Crippen molar-refractivity contribution in [1.82, 2.24) is 13.7 Å². The van der Waals surface area contributed by atoms with Gasteiger partial charge in [0, 0.05) is 184 Å². The smallest absolute Gasteiger partial charge is 0.0568 e. The molecule has 0 atom stereocenters. The van der Waals surface area contributed by atoms with Gasteiger partial charge in [-0.2, -0.15) is 84.9 Å². The first-order valence-electron chi connectivity index (χ1n) is 30.1. The van der Waals surface area contributed by atoms with Gasteiger partial charge in [-0.15, -0.1) is 22.3 Å². The largest absolute Gasteiger partial charge is 0.343 e. The number of hydrogen-bond acceptors (Lipinski definition) is 0. The Bertz CT molecular complexity index is 5580. The van der Waals surface area contributed by atoms with Crippen molar-refractivity contribution < 1.29 is 98.1 Å². The molecule has 0 spiro atoms.